The molecule has 0 spiro atoms. The highest BCUT2D eigenvalue weighted by molar-refractivity contribution is 5.75. The Balaban J connectivity index is 1.75. The normalized spacial score (nSPS) is 18.9. The number of hydrogen-bond acceptors (Lipinski definition) is 5. The van der Waals surface area contributed by atoms with Gasteiger partial charge in [-0.1, -0.05) is 0 Å². The van der Waals surface area contributed by atoms with Crippen molar-refractivity contribution in [2.24, 2.45) is 0 Å². The highest BCUT2D eigenvalue weighted by Crippen LogP contribution is 2.19. The van der Waals surface area contributed by atoms with Gasteiger partial charge in [-0.25, -0.2) is 9.67 Å². The van der Waals surface area contributed by atoms with Gasteiger partial charge < -0.3 is 15.2 Å². The number of hydrogen-bond donors (Lipinski definition) is 2. The van der Waals surface area contributed by atoms with Crippen LogP contribution in [-0.4, -0.2) is 51.1 Å². The van der Waals surface area contributed by atoms with Crippen LogP contribution < -0.4 is 5.32 Å². The molecule has 0 unspecified atom stereocenters. The maximum Gasteiger partial charge on any atom is 0.241 e. The van der Waals surface area contributed by atoms with E-state index in [1.54, 1.807) is 0 Å². The number of rotatable bonds is 4. The fourth-order valence-corrected chi connectivity index (χ4v) is 1.71. The number of nitrogens with zero attached hydrogens (tertiary/aromatic N) is 3. The van der Waals surface area contributed by atoms with Crippen molar-refractivity contribution in [1.82, 2.24) is 20.1 Å². The van der Waals surface area contributed by atoms with E-state index in [1.165, 1.54) is 17.3 Å². The molecule has 0 aromatic carbocycles. The highest BCUT2D eigenvalue weighted by Gasteiger charge is 2.29. The number of aliphatic hydroxyl groups is 1. The lowest BCUT2D eigenvalue weighted by molar-refractivity contribution is -0.124. The summed E-state index contributed by atoms with van der Waals surface area (Å²) in [6, 6.07) is 0. The first kappa shape index (κ1) is 12.0. The minimum absolute atomic E-state index is 0.118. The lowest BCUT2D eigenvalue weighted by atomic mass is 9.94. The standard InChI is InChI=1S/C10H16N4O3/c15-9(5-14-8-11-7-13-14)12-6-10(16)1-3-17-4-2-10/h7-8,16H,1-6H2,(H,12,15). The monoisotopic (exact) mass is 240 g/mol. The summed E-state index contributed by atoms with van der Waals surface area (Å²) >= 11 is 0. The Labute approximate surface area is 98.8 Å². The number of nitrogens with one attached hydrogen (secondary N) is 1. The van der Waals surface area contributed by atoms with Crippen molar-refractivity contribution in [3.63, 3.8) is 0 Å². The average molecular weight is 240 g/mol. The molecular formula is C10H16N4O3. The van der Waals surface area contributed by atoms with Crippen LogP contribution in [0.1, 0.15) is 12.8 Å². The van der Waals surface area contributed by atoms with Crippen molar-refractivity contribution in [2.45, 2.75) is 25.0 Å². The van der Waals surface area contributed by atoms with Gasteiger partial charge >= 0.3 is 0 Å². The molecular weight excluding hydrogens is 224 g/mol. The number of amides is 1. The maximum absolute atomic E-state index is 11.6. The third-order valence-corrected chi connectivity index (χ3v) is 2.81. The molecule has 1 aliphatic rings. The average Bonchev–Trinajstić information content (AvgIpc) is 2.80. The summed E-state index contributed by atoms with van der Waals surface area (Å²) < 4.78 is 6.60. The lowest BCUT2D eigenvalue weighted by Crippen LogP contribution is -2.47. The summed E-state index contributed by atoms with van der Waals surface area (Å²) in [4.78, 5) is 15.3. The first-order valence-electron chi connectivity index (χ1n) is 5.57. The van der Waals surface area contributed by atoms with Crippen molar-refractivity contribution in [2.75, 3.05) is 19.8 Å². The summed E-state index contributed by atoms with van der Waals surface area (Å²) in [5.41, 5.74) is -0.837. The minimum Gasteiger partial charge on any atom is -0.388 e. The van der Waals surface area contributed by atoms with Crippen molar-refractivity contribution >= 4 is 5.91 Å². The second kappa shape index (κ2) is 5.24. The fraction of sp³-hybridized carbons (Fsp3) is 0.700. The van der Waals surface area contributed by atoms with Crippen LogP contribution in [0.3, 0.4) is 0 Å². The van der Waals surface area contributed by atoms with Crippen LogP contribution >= 0.6 is 0 Å². The number of carbonyl (C=O) groups excluding carboxylic acids is 1. The molecule has 2 heterocycles. The molecule has 0 atom stereocenters. The van der Waals surface area contributed by atoms with Crippen LogP contribution in [0.25, 0.3) is 0 Å². The van der Waals surface area contributed by atoms with E-state index in [0.29, 0.717) is 26.1 Å². The zero-order valence-electron chi connectivity index (χ0n) is 9.50. The summed E-state index contributed by atoms with van der Waals surface area (Å²) in [7, 11) is 0. The molecule has 0 aliphatic carbocycles. The number of carbonyl (C=O) groups is 1. The zero-order valence-corrected chi connectivity index (χ0v) is 9.50. The Morgan fingerprint density at radius 1 is 1.53 bits per heavy atom. The van der Waals surface area contributed by atoms with Gasteiger partial charge in [-0.05, 0) is 0 Å². The van der Waals surface area contributed by atoms with E-state index in [2.05, 4.69) is 15.4 Å². The molecule has 2 N–H and O–H groups in total. The smallest absolute Gasteiger partial charge is 0.241 e. The third kappa shape index (κ3) is 3.50. The van der Waals surface area contributed by atoms with Crippen molar-refractivity contribution < 1.29 is 14.6 Å². The topological polar surface area (TPSA) is 89.3 Å². The van der Waals surface area contributed by atoms with Crippen LogP contribution in [-0.2, 0) is 16.1 Å². The Hall–Kier alpha value is -1.47. The predicted molar refractivity (Wildman–Crippen MR) is 58.0 cm³/mol. The molecule has 1 aromatic heterocycles. The largest absolute Gasteiger partial charge is 0.388 e. The van der Waals surface area contributed by atoms with E-state index in [-0.39, 0.29) is 19.0 Å². The second-order valence-electron chi connectivity index (χ2n) is 4.21. The van der Waals surface area contributed by atoms with Crippen LogP contribution in [0.2, 0.25) is 0 Å². The SMILES string of the molecule is O=C(Cn1cncn1)NCC1(O)CCOCC1. The molecule has 7 heteroatoms. The van der Waals surface area contributed by atoms with Crippen molar-refractivity contribution in [3.05, 3.63) is 12.7 Å². The van der Waals surface area contributed by atoms with E-state index < -0.39 is 5.60 Å². The first-order valence-corrected chi connectivity index (χ1v) is 5.57. The van der Waals surface area contributed by atoms with Gasteiger partial charge in [0.05, 0.1) is 5.60 Å². The zero-order chi connectivity index (χ0) is 12.1. The molecule has 0 bridgehead atoms. The molecule has 0 saturated carbocycles. The number of ether oxygens (including phenoxy) is 1. The van der Waals surface area contributed by atoms with E-state index >= 15 is 0 Å². The van der Waals surface area contributed by atoms with Crippen molar-refractivity contribution in [1.29, 1.82) is 0 Å². The Kier molecular flexibility index (Phi) is 3.70. The minimum atomic E-state index is -0.837. The molecule has 1 amide bonds. The Morgan fingerprint density at radius 3 is 2.94 bits per heavy atom. The molecule has 7 nitrogen and oxygen atoms in total. The van der Waals surface area contributed by atoms with Gasteiger partial charge in [-0.15, -0.1) is 0 Å². The third-order valence-electron chi connectivity index (χ3n) is 2.81. The maximum atomic E-state index is 11.6. The van der Waals surface area contributed by atoms with Crippen LogP contribution in [0.4, 0.5) is 0 Å². The molecule has 0 radical (unpaired) electrons. The van der Waals surface area contributed by atoms with Gasteiger partial charge in [-0.2, -0.15) is 5.10 Å². The molecule has 1 fully saturated rings. The van der Waals surface area contributed by atoms with Gasteiger partial charge in [0.15, 0.2) is 0 Å². The molecule has 1 saturated heterocycles. The number of aromatic nitrogens is 3. The second-order valence-corrected chi connectivity index (χ2v) is 4.21. The molecule has 1 aliphatic heterocycles. The summed E-state index contributed by atoms with van der Waals surface area (Å²) in [5.74, 6) is -0.185. The highest BCUT2D eigenvalue weighted by atomic mass is 16.5. The lowest BCUT2D eigenvalue weighted by Gasteiger charge is -2.32. The quantitative estimate of drug-likeness (QED) is 0.700. The first-order chi connectivity index (χ1) is 8.18. The molecule has 2 rings (SSSR count). The van der Waals surface area contributed by atoms with Crippen LogP contribution in [0, 0.1) is 0 Å². The summed E-state index contributed by atoms with van der Waals surface area (Å²) in [5, 5.41) is 16.6. The fourth-order valence-electron chi connectivity index (χ4n) is 1.71. The van der Waals surface area contributed by atoms with E-state index in [4.69, 9.17) is 4.74 Å². The molecule has 17 heavy (non-hydrogen) atoms. The van der Waals surface area contributed by atoms with Gasteiger partial charge in [-0.3, -0.25) is 4.79 Å². The van der Waals surface area contributed by atoms with E-state index in [9.17, 15) is 9.90 Å². The van der Waals surface area contributed by atoms with Crippen molar-refractivity contribution in [3.8, 4) is 0 Å². The summed E-state index contributed by atoms with van der Waals surface area (Å²) in [6.45, 7) is 1.45. The van der Waals surface area contributed by atoms with Gasteiger partial charge in [0, 0.05) is 32.6 Å². The Morgan fingerprint density at radius 2 is 2.29 bits per heavy atom. The van der Waals surface area contributed by atoms with Gasteiger partial charge in [0.25, 0.3) is 0 Å². The van der Waals surface area contributed by atoms with Gasteiger partial charge in [0.1, 0.15) is 19.2 Å². The molecule has 94 valence electrons. The van der Waals surface area contributed by atoms with Crippen LogP contribution in [0.15, 0.2) is 12.7 Å². The predicted octanol–water partition coefficient (Wildman–Crippen LogP) is -1.06. The molecule has 1 aromatic rings. The van der Waals surface area contributed by atoms with Gasteiger partial charge in [0.2, 0.25) is 5.91 Å². The Bertz CT molecular complexity index is 360. The van der Waals surface area contributed by atoms with Crippen LogP contribution in [0.5, 0.6) is 0 Å². The summed E-state index contributed by atoms with van der Waals surface area (Å²) in [6.07, 6.45) is 3.95. The van der Waals surface area contributed by atoms with E-state index in [1.807, 2.05) is 0 Å². The van der Waals surface area contributed by atoms with E-state index in [0.717, 1.165) is 0 Å².